The lowest BCUT2D eigenvalue weighted by Crippen LogP contribution is -2.29. The van der Waals surface area contributed by atoms with Crippen LogP contribution in [0.15, 0.2) is 71.8 Å². The van der Waals surface area contributed by atoms with E-state index < -0.39 is 16.1 Å². The van der Waals surface area contributed by atoms with Crippen LogP contribution in [-0.4, -0.2) is 18.2 Å². The third-order valence-corrected chi connectivity index (χ3v) is 5.54. The highest BCUT2D eigenvalue weighted by atomic mass is 32.2. The largest absolute Gasteiger partial charge is 0.272 e. The summed E-state index contributed by atoms with van der Waals surface area (Å²) in [5, 5.41) is 4.03. The number of aryl methyl sites for hydroxylation is 1. The summed E-state index contributed by atoms with van der Waals surface area (Å²) in [5.74, 6) is 0. The first-order valence-electron chi connectivity index (χ1n) is 7.60. The second-order valence-electron chi connectivity index (χ2n) is 5.59. The monoisotopic (exact) mass is 341 g/mol. The standard InChI is InChI=1S/C18H19N3O2S/c1-14-17(13-19-21(14)2)24(22,23)20-18(15-9-5-3-6-10-15)16-11-7-4-8-12-16/h3-13,18,20H,1-2H3. The molecule has 0 saturated carbocycles. The topological polar surface area (TPSA) is 64.0 Å². The van der Waals surface area contributed by atoms with Crippen LogP contribution in [0.1, 0.15) is 22.9 Å². The summed E-state index contributed by atoms with van der Waals surface area (Å²) >= 11 is 0. The van der Waals surface area contributed by atoms with E-state index in [1.165, 1.54) is 6.20 Å². The number of hydrogen-bond acceptors (Lipinski definition) is 3. The third-order valence-electron chi connectivity index (χ3n) is 4.02. The molecule has 0 aliphatic carbocycles. The maximum absolute atomic E-state index is 12.9. The molecule has 0 spiro atoms. The maximum atomic E-state index is 12.9. The maximum Gasteiger partial charge on any atom is 0.244 e. The smallest absolute Gasteiger partial charge is 0.244 e. The fourth-order valence-corrected chi connectivity index (χ4v) is 4.00. The summed E-state index contributed by atoms with van der Waals surface area (Å²) in [6.07, 6.45) is 1.38. The van der Waals surface area contributed by atoms with Gasteiger partial charge in [-0.1, -0.05) is 60.7 Å². The molecule has 0 aliphatic heterocycles. The van der Waals surface area contributed by atoms with Crippen molar-refractivity contribution in [1.82, 2.24) is 14.5 Å². The molecule has 0 fully saturated rings. The SMILES string of the molecule is Cc1c(S(=O)(=O)NC(c2ccccc2)c2ccccc2)cnn1C. The van der Waals surface area contributed by atoms with Crippen molar-refractivity contribution in [3.8, 4) is 0 Å². The minimum absolute atomic E-state index is 0.196. The summed E-state index contributed by atoms with van der Waals surface area (Å²) in [7, 11) is -1.98. The van der Waals surface area contributed by atoms with E-state index in [0.29, 0.717) is 5.69 Å². The van der Waals surface area contributed by atoms with E-state index in [2.05, 4.69) is 9.82 Å². The van der Waals surface area contributed by atoms with Gasteiger partial charge in [0.1, 0.15) is 4.90 Å². The predicted molar refractivity (Wildman–Crippen MR) is 93.0 cm³/mol. The lowest BCUT2D eigenvalue weighted by Gasteiger charge is -2.19. The zero-order valence-corrected chi connectivity index (χ0v) is 14.4. The quantitative estimate of drug-likeness (QED) is 0.776. The normalized spacial score (nSPS) is 11.8. The van der Waals surface area contributed by atoms with Gasteiger partial charge in [0.05, 0.1) is 17.9 Å². The van der Waals surface area contributed by atoms with E-state index in [-0.39, 0.29) is 4.90 Å². The Morgan fingerprint density at radius 2 is 1.46 bits per heavy atom. The molecule has 3 aromatic rings. The second kappa shape index (κ2) is 6.59. The Bertz CT molecular complexity index is 880. The Morgan fingerprint density at radius 1 is 0.958 bits per heavy atom. The van der Waals surface area contributed by atoms with Crippen LogP contribution in [0.5, 0.6) is 0 Å². The van der Waals surface area contributed by atoms with Crippen molar-refractivity contribution in [2.45, 2.75) is 17.9 Å². The van der Waals surface area contributed by atoms with Gasteiger partial charge in [-0.15, -0.1) is 0 Å². The van der Waals surface area contributed by atoms with Gasteiger partial charge in [0.2, 0.25) is 10.0 Å². The van der Waals surface area contributed by atoms with Crippen molar-refractivity contribution < 1.29 is 8.42 Å². The van der Waals surface area contributed by atoms with Crippen molar-refractivity contribution in [3.63, 3.8) is 0 Å². The Labute approximate surface area is 142 Å². The Balaban J connectivity index is 2.03. The van der Waals surface area contributed by atoms with E-state index in [0.717, 1.165) is 11.1 Å². The molecule has 0 aliphatic rings. The first kappa shape index (κ1) is 16.4. The van der Waals surface area contributed by atoms with Gasteiger partial charge in [-0.05, 0) is 18.1 Å². The number of hydrogen-bond donors (Lipinski definition) is 1. The van der Waals surface area contributed by atoms with Gasteiger partial charge in [-0.2, -0.15) is 9.82 Å². The Morgan fingerprint density at radius 3 is 1.88 bits per heavy atom. The first-order chi connectivity index (χ1) is 11.5. The molecule has 0 saturated heterocycles. The molecule has 5 nitrogen and oxygen atoms in total. The lowest BCUT2D eigenvalue weighted by molar-refractivity contribution is 0.571. The molecule has 0 unspecified atom stereocenters. The average molecular weight is 341 g/mol. The highest BCUT2D eigenvalue weighted by Gasteiger charge is 2.25. The van der Waals surface area contributed by atoms with Gasteiger partial charge >= 0.3 is 0 Å². The highest BCUT2D eigenvalue weighted by molar-refractivity contribution is 7.89. The minimum atomic E-state index is -3.70. The molecule has 3 rings (SSSR count). The molecule has 1 heterocycles. The average Bonchev–Trinajstić information content (AvgIpc) is 2.94. The van der Waals surface area contributed by atoms with Gasteiger partial charge in [-0.3, -0.25) is 4.68 Å². The zero-order valence-electron chi connectivity index (χ0n) is 13.5. The van der Waals surface area contributed by atoms with Crippen LogP contribution in [0.4, 0.5) is 0 Å². The van der Waals surface area contributed by atoms with E-state index in [1.54, 1.807) is 18.7 Å². The summed E-state index contributed by atoms with van der Waals surface area (Å²) in [6, 6.07) is 18.6. The molecule has 6 heteroatoms. The van der Waals surface area contributed by atoms with Crippen LogP contribution in [0.3, 0.4) is 0 Å². The van der Waals surface area contributed by atoms with E-state index in [4.69, 9.17) is 0 Å². The summed E-state index contributed by atoms with van der Waals surface area (Å²) in [6.45, 7) is 1.74. The summed E-state index contributed by atoms with van der Waals surface area (Å²) in [4.78, 5) is 0.196. The van der Waals surface area contributed by atoms with Gasteiger partial charge in [0, 0.05) is 7.05 Å². The van der Waals surface area contributed by atoms with Crippen LogP contribution in [-0.2, 0) is 17.1 Å². The Kier molecular flexibility index (Phi) is 4.51. The fourth-order valence-electron chi connectivity index (χ4n) is 2.58. The summed E-state index contributed by atoms with van der Waals surface area (Å²) in [5.41, 5.74) is 2.37. The van der Waals surface area contributed by atoms with Crippen LogP contribution >= 0.6 is 0 Å². The minimum Gasteiger partial charge on any atom is -0.272 e. The van der Waals surface area contributed by atoms with Crippen molar-refractivity contribution in [2.75, 3.05) is 0 Å². The van der Waals surface area contributed by atoms with Crippen molar-refractivity contribution in [3.05, 3.63) is 83.7 Å². The molecular formula is C18H19N3O2S. The predicted octanol–water partition coefficient (Wildman–Crippen LogP) is 2.80. The summed E-state index contributed by atoms with van der Waals surface area (Å²) < 4.78 is 30.1. The van der Waals surface area contributed by atoms with E-state index in [1.807, 2.05) is 60.7 Å². The van der Waals surface area contributed by atoms with Gasteiger partial charge < -0.3 is 0 Å². The van der Waals surface area contributed by atoms with E-state index >= 15 is 0 Å². The Hall–Kier alpha value is -2.44. The van der Waals surface area contributed by atoms with Crippen LogP contribution in [0.25, 0.3) is 0 Å². The highest BCUT2D eigenvalue weighted by Crippen LogP contribution is 2.25. The zero-order chi connectivity index (χ0) is 17.2. The van der Waals surface area contributed by atoms with Crippen LogP contribution in [0.2, 0.25) is 0 Å². The van der Waals surface area contributed by atoms with Gasteiger partial charge in [0.15, 0.2) is 0 Å². The van der Waals surface area contributed by atoms with Gasteiger partial charge in [-0.25, -0.2) is 8.42 Å². The molecule has 0 amide bonds. The van der Waals surface area contributed by atoms with Crippen LogP contribution in [0, 0.1) is 6.92 Å². The molecule has 1 N–H and O–H groups in total. The lowest BCUT2D eigenvalue weighted by atomic mass is 10.00. The second-order valence-corrected chi connectivity index (χ2v) is 7.28. The number of nitrogens with zero attached hydrogens (tertiary/aromatic N) is 2. The third kappa shape index (κ3) is 3.25. The van der Waals surface area contributed by atoms with E-state index in [9.17, 15) is 8.42 Å². The van der Waals surface area contributed by atoms with Crippen molar-refractivity contribution in [2.24, 2.45) is 7.05 Å². The molecule has 0 atom stereocenters. The molecule has 1 aromatic heterocycles. The molecule has 0 radical (unpaired) electrons. The number of sulfonamides is 1. The van der Waals surface area contributed by atoms with Crippen molar-refractivity contribution in [1.29, 1.82) is 0 Å². The number of rotatable bonds is 5. The molecule has 2 aromatic carbocycles. The molecule has 0 bridgehead atoms. The number of nitrogens with one attached hydrogen (secondary N) is 1. The van der Waals surface area contributed by atoms with Crippen molar-refractivity contribution >= 4 is 10.0 Å². The molecular weight excluding hydrogens is 322 g/mol. The molecule has 124 valence electrons. The number of aromatic nitrogens is 2. The van der Waals surface area contributed by atoms with Gasteiger partial charge in [0.25, 0.3) is 0 Å². The molecule has 24 heavy (non-hydrogen) atoms. The number of benzene rings is 2. The fraction of sp³-hybridized carbons (Fsp3) is 0.167. The van der Waals surface area contributed by atoms with Crippen LogP contribution < -0.4 is 4.72 Å². The first-order valence-corrected chi connectivity index (χ1v) is 9.08.